The fourth-order valence-electron chi connectivity index (χ4n) is 3.37. The van der Waals surface area contributed by atoms with Gasteiger partial charge in [-0.25, -0.2) is 5.48 Å². The lowest BCUT2D eigenvalue weighted by Crippen LogP contribution is -2.40. The smallest absolute Gasteiger partial charge is 0.451 e. The van der Waals surface area contributed by atoms with Crippen LogP contribution in [0.25, 0.3) is 11.0 Å². The van der Waals surface area contributed by atoms with Crippen LogP contribution >= 0.6 is 0 Å². The summed E-state index contributed by atoms with van der Waals surface area (Å²) in [5, 5.41) is 0.836. The van der Waals surface area contributed by atoms with E-state index in [1.807, 2.05) is 23.1 Å². The molecule has 0 atom stereocenters. The van der Waals surface area contributed by atoms with E-state index in [4.69, 9.17) is 9.25 Å². The second-order valence-electron chi connectivity index (χ2n) is 6.93. The number of piperidine rings is 1. The number of benzene rings is 2. The van der Waals surface area contributed by atoms with Crippen molar-refractivity contribution in [2.75, 3.05) is 18.0 Å². The Labute approximate surface area is 170 Å². The van der Waals surface area contributed by atoms with Crippen LogP contribution in [0.1, 0.15) is 23.4 Å². The average Bonchev–Trinajstić information content (AvgIpc) is 3.16. The third-order valence-electron chi connectivity index (χ3n) is 4.85. The number of hydrogen-bond donors (Lipinski definition) is 1. The Bertz CT molecular complexity index is 976. The molecule has 158 valence electrons. The molecule has 0 spiro atoms. The summed E-state index contributed by atoms with van der Waals surface area (Å²) in [6, 6.07) is 14.7. The van der Waals surface area contributed by atoms with E-state index in [0.717, 1.165) is 11.1 Å². The van der Waals surface area contributed by atoms with Crippen molar-refractivity contribution >= 4 is 22.6 Å². The van der Waals surface area contributed by atoms with Gasteiger partial charge in [0.25, 0.3) is 0 Å². The van der Waals surface area contributed by atoms with Crippen molar-refractivity contribution < 1.29 is 32.0 Å². The SMILES string of the molecule is O=C(NOC1CCN(c2ccc(OC(F)(F)F)cc2)CC1)c1cc2ccccc2o1. The molecular weight excluding hydrogens is 401 g/mol. The quantitative estimate of drug-likeness (QED) is 0.608. The number of alkyl halides is 3. The minimum Gasteiger partial charge on any atom is -0.451 e. The molecule has 2 aromatic carbocycles. The van der Waals surface area contributed by atoms with Crippen LogP contribution in [0.2, 0.25) is 0 Å². The second kappa shape index (κ2) is 8.27. The van der Waals surface area contributed by atoms with E-state index in [1.165, 1.54) is 12.1 Å². The predicted octanol–water partition coefficient (Wildman–Crippen LogP) is 4.66. The number of carbonyl (C=O) groups excluding carboxylic acids is 1. The number of amides is 1. The molecular formula is C21H19F3N2O4. The van der Waals surface area contributed by atoms with E-state index in [-0.39, 0.29) is 17.6 Å². The molecule has 0 saturated carbocycles. The van der Waals surface area contributed by atoms with Crippen molar-refractivity contribution in [3.05, 3.63) is 60.4 Å². The molecule has 0 aliphatic carbocycles. The molecule has 1 amide bonds. The second-order valence-corrected chi connectivity index (χ2v) is 6.93. The topological polar surface area (TPSA) is 63.9 Å². The highest BCUT2D eigenvalue weighted by atomic mass is 19.4. The van der Waals surface area contributed by atoms with Crippen LogP contribution in [0.4, 0.5) is 18.9 Å². The van der Waals surface area contributed by atoms with Crippen LogP contribution in [0.5, 0.6) is 5.75 Å². The first-order valence-electron chi connectivity index (χ1n) is 9.43. The zero-order valence-electron chi connectivity index (χ0n) is 15.8. The van der Waals surface area contributed by atoms with Crippen molar-refractivity contribution in [1.29, 1.82) is 0 Å². The fourth-order valence-corrected chi connectivity index (χ4v) is 3.37. The van der Waals surface area contributed by atoms with Gasteiger partial charge >= 0.3 is 12.3 Å². The largest absolute Gasteiger partial charge is 0.573 e. The first kappa shape index (κ1) is 20.1. The first-order valence-corrected chi connectivity index (χ1v) is 9.43. The van der Waals surface area contributed by atoms with E-state index >= 15 is 0 Å². The number of hydroxylamine groups is 1. The molecule has 1 saturated heterocycles. The molecule has 1 aliphatic rings. The lowest BCUT2D eigenvalue weighted by Gasteiger charge is -2.33. The van der Waals surface area contributed by atoms with Gasteiger partial charge in [0.05, 0.1) is 6.10 Å². The van der Waals surface area contributed by atoms with Gasteiger partial charge in [0.2, 0.25) is 0 Å². The molecule has 0 bridgehead atoms. The third-order valence-corrected chi connectivity index (χ3v) is 4.85. The number of nitrogens with zero attached hydrogens (tertiary/aromatic N) is 1. The van der Waals surface area contributed by atoms with E-state index < -0.39 is 12.3 Å². The van der Waals surface area contributed by atoms with Crippen molar-refractivity contribution in [3.63, 3.8) is 0 Å². The molecule has 2 heterocycles. The Morgan fingerprint density at radius 2 is 1.77 bits per heavy atom. The van der Waals surface area contributed by atoms with Gasteiger partial charge < -0.3 is 14.1 Å². The first-order chi connectivity index (χ1) is 14.4. The molecule has 6 nitrogen and oxygen atoms in total. The van der Waals surface area contributed by atoms with E-state index in [9.17, 15) is 18.0 Å². The van der Waals surface area contributed by atoms with Gasteiger partial charge in [0, 0.05) is 24.2 Å². The standard InChI is InChI=1S/C21H19F3N2O4/c22-21(23,24)29-16-7-5-15(6-8-16)26-11-9-17(10-12-26)30-25-20(27)19-13-14-3-1-2-4-18(14)28-19/h1-8,13,17H,9-12H2,(H,25,27). The fraction of sp³-hybridized carbons (Fsp3) is 0.286. The van der Waals surface area contributed by atoms with E-state index in [1.54, 1.807) is 24.3 Å². The number of carbonyl (C=O) groups is 1. The number of fused-ring (bicyclic) bond motifs is 1. The molecule has 1 aromatic heterocycles. The molecule has 1 aliphatic heterocycles. The Morgan fingerprint density at radius 3 is 2.43 bits per heavy atom. The molecule has 4 rings (SSSR count). The van der Waals surface area contributed by atoms with Crippen molar-refractivity contribution in [3.8, 4) is 5.75 Å². The average molecular weight is 420 g/mol. The van der Waals surface area contributed by atoms with E-state index in [2.05, 4.69) is 10.2 Å². The summed E-state index contributed by atoms with van der Waals surface area (Å²) >= 11 is 0. The minimum atomic E-state index is -4.70. The summed E-state index contributed by atoms with van der Waals surface area (Å²) in [6.07, 6.45) is -3.56. The van der Waals surface area contributed by atoms with Gasteiger partial charge in [-0.05, 0) is 49.2 Å². The van der Waals surface area contributed by atoms with Gasteiger partial charge in [-0.3, -0.25) is 9.63 Å². The van der Waals surface area contributed by atoms with Crippen molar-refractivity contribution in [1.82, 2.24) is 5.48 Å². The summed E-state index contributed by atoms with van der Waals surface area (Å²) < 4.78 is 46.1. The molecule has 1 fully saturated rings. The number of anilines is 1. The number of furan rings is 1. The monoisotopic (exact) mass is 420 g/mol. The van der Waals surface area contributed by atoms with Gasteiger partial charge in [0.1, 0.15) is 11.3 Å². The normalized spacial score (nSPS) is 15.4. The van der Waals surface area contributed by atoms with Crippen LogP contribution in [-0.4, -0.2) is 31.5 Å². The van der Waals surface area contributed by atoms with Gasteiger partial charge in [-0.2, -0.15) is 0 Å². The number of rotatable bonds is 5. The summed E-state index contributed by atoms with van der Waals surface area (Å²) in [5.41, 5.74) is 3.87. The molecule has 0 unspecified atom stereocenters. The zero-order chi connectivity index (χ0) is 21.1. The van der Waals surface area contributed by atoms with Gasteiger partial charge in [0.15, 0.2) is 5.76 Å². The number of halogens is 3. The maximum Gasteiger partial charge on any atom is 0.573 e. The number of nitrogens with one attached hydrogen (secondary N) is 1. The van der Waals surface area contributed by atoms with Crippen molar-refractivity contribution in [2.24, 2.45) is 0 Å². The molecule has 0 radical (unpaired) electrons. The Morgan fingerprint density at radius 1 is 1.07 bits per heavy atom. The summed E-state index contributed by atoms with van der Waals surface area (Å²) in [7, 11) is 0. The molecule has 1 N–H and O–H groups in total. The number of hydrogen-bond acceptors (Lipinski definition) is 5. The Balaban J connectivity index is 1.26. The maximum atomic E-state index is 12.2. The molecule has 30 heavy (non-hydrogen) atoms. The maximum absolute atomic E-state index is 12.2. The van der Waals surface area contributed by atoms with Crippen LogP contribution in [0, 0.1) is 0 Å². The molecule has 3 aromatic rings. The summed E-state index contributed by atoms with van der Waals surface area (Å²) in [6.45, 7) is 1.29. The number of ether oxygens (including phenoxy) is 1. The summed E-state index contributed by atoms with van der Waals surface area (Å²) in [4.78, 5) is 19.8. The molecule has 9 heteroatoms. The van der Waals surface area contributed by atoms with Crippen LogP contribution in [0.3, 0.4) is 0 Å². The van der Waals surface area contributed by atoms with Gasteiger partial charge in [-0.1, -0.05) is 18.2 Å². The number of para-hydroxylation sites is 1. The van der Waals surface area contributed by atoms with Crippen molar-refractivity contribution in [2.45, 2.75) is 25.3 Å². The van der Waals surface area contributed by atoms with Crippen LogP contribution < -0.4 is 15.1 Å². The minimum absolute atomic E-state index is 0.164. The van der Waals surface area contributed by atoms with Gasteiger partial charge in [-0.15, -0.1) is 13.2 Å². The highest BCUT2D eigenvalue weighted by Gasteiger charge is 2.31. The lowest BCUT2D eigenvalue weighted by molar-refractivity contribution is -0.274. The highest BCUT2D eigenvalue weighted by molar-refractivity contribution is 5.95. The predicted molar refractivity (Wildman–Crippen MR) is 103 cm³/mol. The Hall–Kier alpha value is -3.20. The highest BCUT2D eigenvalue weighted by Crippen LogP contribution is 2.27. The van der Waals surface area contributed by atoms with Crippen LogP contribution in [0.15, 0.2) is 59.0 Å². The zero-order valence-corrected chi connectivity index (χ0v) is 15.8. The van der Waals surface area contributed by atoms with E-state index in [0.29, 0.717) is 31.5 Å². The third kappa shape index (κ3) is 4.85. The lowest BCUT2D eigenvalue weighted by atomic mass is 10.1. The summed E-state index contributed by atoms with van der Waals surface area (Å²) in [5.74, 6) is -0.526. The Kier molecular flexibility index (Phi) is 5.54. The van der Waals surface area contributed by atoms with Crippen LogP contribution in [-0.2, 0) is 4.84 Å².